The molecular formula is C8H10LiNO4S. The fourth-order valence-electron chi connectivity index (χ4n) is 0.814. The van der Waals surface area contributed by atoms with E-state index in [9.17, 15) is 13.2 Å². The molecule has 1 rings (SSSR count). The number of hydrogen-bond acceptors (Lipinski definition) is 4. The zero-order valence-corrected chi connectivity index (χ0v) is 9.03. The second kappa shape index (κ2) is 5.93. The van der Waals surface area contributed by atoms with Crippen LogP contribution in [0.2, 0.25) is 0 Å². The molecule has 0 atom stereocenters. The van der Waals surface area contributed by atoms with E-state index in [1.807, 2.05) is 0 Å². The Morgan fingerprint density at radius 2 is 1.87 bits per heavy atom. The van der Waals surface area contributed by atoms with Crippen molar-refractivity contribution in [2.24, 2.45) is 5.14 Å². The van der Waals surface area contributed by atoms with Gasteiger partial charge < -0.3 is 6.16 Å². The van der Waals surface area contributed by atoms with Crippen molar-refractivity contribution < 1.29 is 38.2 Å². The summed E-state index contributed by atoms with van der Waals surface area (Å²) in [6.45, 7) is 0. The topological polar surface area (TPSA) is 86.5 Å². The van der Waals surface area contributed by atoms with Gasteiger partial charge in [-0.15, -0.1) is 0 Å². The van der Waals surface area contributed by atoms with Crippen LogP contribution in [0.4, 0.5) is 0 Å². The van der Waals surface area contributed by atoms with Gasteiger partial charge >= 0.3 is 24.8 Å². The molecule has 5 nitrogen and oxygen atoms in total. The van der Waals surface area contributed by atoms with Crippen LogP contribution >= 0.6 is 0 Å². The molecule has 0 aliphatic rings. The van der Waals surface area contributed by atoms with Crippen molar-refractivity contribution >= 4 is 16.0 Å². The van der Waals surface area contributed by atoms with Crippen LogP contribution in [0.5, 0.6) is 5.75 Å². The molecule has 7 heteroatoms. The molecule has 0 bridgehead atoms. The number of esters is 1. The third-order valence-corrected chi connectivity index (χ3v) is 1.93. The van der Waals surface area contributed by atoms with E-state index in [0.29, 0.717) is 5.75 Å². The van der Waals surface area contributed by atoms with Crippen molar-refractivity contribution in [3.8, 4) is 5.75 Å². The summed E-state index contributed by atoms with van der Waals surface area (Å²) in [5.41, 5.74) is 0. The maximum absolute atomic E-state index is 10.9. The number of rotatable bonds is 3. The predicted molar refractivity (Wildman–Crippen MR) is 51.2 cm³/mol. The number of primary sulfonamides is 1. The van der Waals surface area contributed by atoms with Gasteiger partial charge in [0.05, 0.1) is 0 Å². The maximum Gasteiger partial charge on any atom is 1.00 e. The Morgan fingerprint density at radius 3 is 2.33 bits per heavy atom. The van der Waals surface area contributed by atoms with E-state index < -0.39 is 21.7 Å². The minimum Gasteiger partial charge on any atom is -1.00 e. The molecule has 0 aliphatic carbocycles. The number of sulfonamides is 1. The van der Waals surface area contributed by atoms with E-state index >= 15 is 0 Å². The number of nitrogens with two attached hydrogens (primary N) is 1. The Kier molecular flexibility index (Phi) is 5.61. The second-order valence-corrected chi connectivity index (χ2v) is 4.21. The van der Waals surface area contributed by atoms with Gasteiger partial charge in [-0.1, -0.05) is 18.2 Å². The second-order valence-electron chi connectivity index (χ2n) is 2.59. The zero-order valence-electron chi connectivity index (χ0n) is 9.21. The van der Waals surface area contributed by atoms with Gasteiger partial charge in [-0.25, -0.2) is 13.6 Å². The van der Waals surface area contributed by atoms with Crippen LogP contribution in [0.15, 0.2) is 30.3 Å². The van der Waals surface area contributed by atoms with Crippen molar-refractivity contribution in [1.29, 1.82) is 0 Å². The fourth-order valence-corrected chi connectivity index (χ4v) is 1.20. The Bertz CT molecular complexity index is 423. The summed E-state index contributed by atoms with van der Waals surface area (Å²) in [7, 11) is -3.82. The van der Waals surface area contributed by atoms with Crippen molar-refractivity contribution in [2.45, 2.75) is 0 Å². The summed E-state index contributed by atoms with van der Waals surface area (Å²) >= 11 is 0. The van der Waals surface area contributed by atoms with Gasteiger partial charge in [-0.3, -0.25) is 4.79 Å². The third kappa shape index (κ3) is 6.31. The zero-order chi connectivity index (χ0) is 10.6. The molecule has 78 valence electrons. The number of ether oxygens (including phenoxy) is 1. The van der Waals surface area contributed by atoms with Crippen LogP contribution in [0.1, 0.15) is 1.43 Å². The first-order valence-corrected chi connectivity index (χ1v) is 5.45. The number of carbonyl (C=O) groups is 1. The minimum atomic E-state index is -3.82. The van der Waals surface area contributed by atoms with Crippen LogP contribution in [-0.2, 0) is 14.8 Å². The van der Waals surface area contributed by atoms with Gasteiger partial charge in [0.1, 0.15) is 5.75 Å². The molecule has 15 heavy (non-hydrogen) atoms. The van der Waals surface area contributed by atoms with Crippen molar-refractivity contribution in [2.75, 3.05) is 5.75 Å². The SMILES string of the molecule is NS(=O)(=O)CC(=O)Oc1ccccc1.[H-].[Li+]. The van der Waals surface area contributed by atoms with Gasteiger partial charge in [0.25, 0.3) is 0 Å². The number of para-hydroxylation sites is 1. The first kappa shape index (κ1) is 14.2. The molecule has 0 aliphatic heterocycles. The molecule has 2 N–H and O–H groups in total. The average molecular weight is 223 g/mol. The van der Waals surface area contributed by atoms with Crippen LogP contribution in [0.25, 0.3) is 0 Å². The summed E-state index contributed by atoms with van der Waals surface area (Å²) in [5, 5.41) is 4.66. The van der Waals surface area contributed by atoms with E-state index in [-0.39, 0.29) is 20.3 Å². The summed E-state index contributed by atoms with van der Waals surface area (Å²) in [4.78, 5) is 10.9. The summed E-state index contributed by atoms with van der Waals surface area (Å²) in [6, 6.07) is 8.16. The summed E-state index contributed by atoms with van der Waals surface area (Å²) < 4.78 is 25.7. The first-order valence-electron chi connectivity index (χ1n) is 3.73. The van der Waals surface area contributed by atoms with Gasteiger partial charge in [0.15, 0.2) is 5.75 Å². The van der Waals surface area contributed by atoms with Gasteiger partial charge in [-0.2, -0.15) is 0 Å². The van der Waals surface area contributed by atoms with E-state index in [4.69, 9.17) is 4.74 Å². The van der Waals surface area contributed by atoms with Gasteiger partial charge in [0, 0.05) is 0 Å². The average Bonchev–Trinajstić information content (AvgIpc) is 2.02. The molecular weight excluding hydrogens is 213 g/mol. The Balaban J connectivity index is 0. The van der Waals surface area contributed by atoms with Gasteiger partial charge in [0.2, 0.25) is 10.0 Å². The maximum atomic E-state index is 10.9. The molecule has 0 heterocycles. The molecule has 1 aromatic rings. The predicted octanol–water partition coefficient (Wildman–Crippen LogP) is -3.00. The van der Waals surface area contributed by atoms with E-state index in [1.54, 1.807) is 30.3 Å². The van der Waals surface area contributed by atoms with Crippen LogP contribution < -0.4 is 28.7 Å². The molecule has 0 saturated carbocycles. The third-order valence-electron chi connectivity index (χ3n) is 1.29. The first-order chi connectivity index (χ1) is 6.47. The number of hydrogen-bond donors (Lipinski definition) is 1. The Hall–Kier alpha value is -0.803. The molecule has 0 aromatic heterocycles. The smallest absolute Gasteiger partial charge is 1.00 e. The molecule has 0 radical (unpaired) electrons. The summed E-state index contributed by atoms with van der Waals surface area (Å²) in [5.74, 6) is -1.41. The monoisotopic (exact) mass is 223 g/mol. The van der Waals surface area contributed by atoms with E-state index in [0.717, 1.165) is 0 Å². The number of carbonyl (C=O) groups excluding carboxylic acids is 1. The molecule has 1 aromatic carbocycles. The molecule has 0 fully saturated rings. The molecule has 0 spiro atoms. The van der Waals surface area contributed by atoms with Crippen LogP contribution in [0, 0.1) is 0 Å². The Labute approximate surface area is 101 Å². The van der Waals surface area contributed by atoms with E-state index in [1.165, 1.54) is 0 Å². The standard InChI is InChI=1S/C8H9NO4S.Li.H/c9-14(11,12)6-8(10)13-7-4-2-1-3-5-7;;/h1-5H,6H2,(H2,9,11,12);;/q;+1;-1. The Morgan fingerprint density at radius 1 is 1.33 bits per heavy atom. The van der Waals surface area contributed by atoms with Crippen LogP contribution in [-0.4, -0.2) is 20.1 Å². The molecule has 0 unspecified atom stereocenters. The largest absolute Gasteiger partial charge is 1.00 e. The fraction of sp³-hybridized carbons (Fsp3) is 0.125. The molecule has 0 saturated heterocycles. The normalized spacial score (nSPS) is 10.2. The molecule has 0 amide bonds. The quantitative estimate of drug-likeness (QED) is 0.336. The van der Waals surface area contributed by atoms with E-state index in [2.05, 4.69) is 5.14 Å². The number of benzene rings is 1. The van der Waals surface area contributed by atoms with Crippen molar-refractivity contribution in [3.63, 3.8) is 0 Å². The van der Waals surface area contributed by atoms with Crippen molar-refractivity contribution in [3.05, 3.63) is 30.3 Å². The van der Waals surface area contributed by atoms with Gasteiger partial charge in [-0.05, 0) is 12.1 Å². The summed E-state index contributed by atoms with van der Waals surface area (Å²) in [6.07, 6.45) is 0. The minimum absolute atomic E-state index is 0. The van der Waals surface area contributed by atoms with Crippen molar-refractivity contribution in [1.82, 2.24) is 0 Å². The van der Waals surface area contributed by atoms with Crippen LogP contribution in [0.3, 0.4) is 0 Å².